The molecule has 0 aliphatic rings. The Morgan fingerprint density at radius 1 is 1.04 bits per heavy atom. The fourth-order valence-electron chi connectivity index (χ4n) is 2.60. The van der Waals surface area contributed by atoms with Gasteiger partial charge < -0.3 is 10.2 Å². The highest BCUT2D eigenvalue weighted by Crippen LogP contribution is 2.27. The summed E-state index contributed by atoms with van der Waals surface area (Å²) in [5.74, 6) is 1.38. The summed E-state index contributed by atoms with van der Waals surface area (Å²) in [6, 6.07) is 18.5. The van der Waals surface area contributed by atoms with Crippen LogP contribution >= 0.6 is 0 Å². The molecule has 0 aliphatic heterocycles. The number of aromatic nitrogens is 2. The van der Waals surface area contributed by atoms with E-state index in [-0.39, 0.29) is 0 Å². The van der Waals surface area contributed by atoms with Gasteiger partial charge in [-0.15, -0.1) is 0 Å². The van der Waals surface area contributed by atoms with Gasteiger partial charge in [0.05, 0.1) is 0 Å². The van der Waals surface area contributed by atoms with Gasteiger partial charge in [-0.1, -0.05) is 54.6 Å². The van der Waals surface area contributed by atoms with Gasteiger partial charge in [0.2, 0.25) is 5.95 Å². The molecule has 4 heteroatoms. The standard InChI is InChI=1S/C21H22N4/c1-4-25(19-8-6-5-7-17(19)3)20-13-14-22-21(24-20)23-15-18-11-9-16(2)10-12-18/h4-14H,1,15H2,2-3H3,(H,22,23,24). The lowest BCUT2D eigenvalue weighted by molar-refractivity contribution is 1.04. The molecule has 126 valence electrons. The van der Waals surface area contributed by atoms with Gasteiger partial charge in [0.15, 0.2) is 0 Å². The van der Waals surface area contributed by atoms with E-state index in [0.717, 1.165) is 17.1 Å². The molecule has 25 heavy (non-hydrogen) atoms. The molecule has 0 unspecified atom stereocenters. The molecule has 0 spiro atoms. The molecule has 0 radical (unpaired) electrons. The number of benzene rings is 2. The third-order valence-electron chi connectivity index (χ3n) is 4.02. The Hall–Kier alpha value is -3.14. The summed E-state index contributed by atoms with van der Waals surface area (Å²) in [6.07, 6.45) is 3.53. The van der Waals surface area contributed by atoms with Crippen molar-refractivity contribution in [2.45, 2.75) is 20.4 Å². The van der Waals surface area contributed by atoms with Crippen molar-refractivity contribution >= 4 is 17.5 Å². The smallest absolute Gasteiger partial charge is 0.224 e. The Bertz CT molecular complexity index is 856. The number of hydrogen-bond acceptors (Lipinski definition) is 4. The molecule has 0 atom stereocenters. The Morgan fingerprint density at radius 3 is 2.52 bits per heavy atom. The lowest BCUT2D eigenvalue weighted by atomic mass is 10.1. The quantitative estimate of drug-likeness (QED) is 0.691. The summed E-state index contributed by atoms with van der Waals surface area (Å²) in [6.45, 7) is 8.77. The van der Waals surface area contributed by atoms with Gasteiger partial charge in [-0.2, -0.15) is 4.98 Å². The Balaban J connectivity index is 1.79. The maximum atomic E-state index is 4.63. The van der Waals surface area contributed by atoms with Gasteiger partial charge in [0.1, 0.15) is 5.82 Å². The first-order valence-corrected chi connectivity index (χ1v) is 8.27. The van der Waals surface area contributed by atoms with Crippen molar-refractivity contribution in [3.8, 4) is 0 Å². The minimum absolute atomic E-state index is 0.596. The average Bonchev–Trinajstić information content (AvgIpc) is 2.64. The fourth-order valence-corrected chi connectivity index (χ4v) is 2.60. The van der Waals surface area contributed by atoms with E-state index in [1.165, 1.54) is 11.1 Å². The Labute approximate surface area is 148 Å². The largest absolute Gasteiger partial charge is 0.350 e. The van der Waals surface area contributed by atoms with Gasteiger partial charge in [-0.05, 0) is 37.1 Å². The molecule has 0 aliphatic carbocycles. The summed E-state index contributed by atoms with van der Waals surface area (Å²) in [5.41, 5.74) is 4.66. The van der Waals surface area contributed by atoms with E-state index in [1.54, 1.807) is 12.4 Å². The minimum atomic E-state index is 0.596. The van der Waals surface area contributed by atoms with Gasteiger partial charge in [-0.25, -0.2) is 4.98 Å². The number of nitrogens with one attached hydrogen (secondary N) is 1. The second-order valence-corrected chi connectivity index (χ2v) is 5.92. The number of rotatable bonds is 6. The first-order valence-electron chi connectivity index (χ1n) is 8.27. The van der Waals surface area contributed by atoms with Crippen LogP contribution in [0.2, 0.25) is 0 Å². The molecule has 0 saturated heterocycles. The Kier molecular flexibility index (Phi) is 5.09. The van der Waals surface area contributed by atoms with Crippen molar-refractivity contribution in [3.63, 3.8) is 0 Å². The highest BCUT2D eigenvalue weighted by atomic mass is 15.2. The molecular weight excluding hydrogens is 308 g/mol. The topological polar surface area (TPSA) is 41.1 Å². The number of nitrogens with zero attached hydrogens (tertiary/aromatic N) is 3. The molecular formula is C21H22N4. The number of anilines is 3. The van der Waals surface area contributed by atoms with E-state index < -0.39 is 0 Å². The summed E-state index contributed by atoms with van der Waals surface area (Å²) < 4.78 is 0. The van der Waals surface area contributed by atoms with E-state index in [4.69, 9.17) is 0 Å². The third kappa shape index (κ3) is 4.04. The SMILES string of the molecule is C=CN(c1ccnc(NCc2ccc(C)cc2)n1)c1ccccc1C. The minimum Gasteiger partial charge on any atom is -0.350 e. The summed E-state index contributed by atoms with van der Waals surface area (Å²) in [4.78, 5) is 10.9. The third-order valence-corrected chi connectivity index (χ3v) is 4.02. The highest BCUT2D eigenvalue weighted by Gasteiger charge is 2.10. The van der Waals surface area contributed by atoms with E-state index >= 15 is 0 Å². The van der Waals surface area contributed by atoms with Crippen molar-refractivity contribution in [1.29, 1.82) is 0 Å². The van der Waals surface area contributed by atoms with Crippen LogP contribution in [0.4, 0.5) is 17.5 Å². The molecule has 0 saturated carbocycles. The van der Waals surface area contributed by atoms with E-state index in [2.05, 4.69) is 72.1 Å². The lowest BCUT2D eigenvalue weighted by Gasteiger charge is -2.21. The van der Waals surface area contributed by atoms with Crippen LogP contribution in [-0.4, -0.2) is 9.97 Å². The molecule has 3 rings (SSSR count). The van der Waals surface area contributed by atoms with E-state index in [9.17, 15) is 0 Å². The zero-order chi connectivity index (χ0) is 17.6. The molecule has 3 aromatic rings. The summed E-state index contributed by atoms with van der Waals surface area (Å²) >= 11 is 0. The predicted octanol–water partition coefficient (Wildman–Crippen LogP) is 4.99. The van der Waals surface area contributed by atoms with Crippen LogP contribution < -0.4 is 10.2 Å². The molecule has 1 heterocycles. The zero-order valence-corrected chi connectivity index (χ0v) is 14.6. The zero-order valence-electron chi connectivity index (χ0n) is 14.6. The normalized spacial score (nSPS) is 10.3. The van der Waals surface area contributed by atoms with Crippen LogP contribution in [0.25, 0.3) is 0 Å². The molecule has 0 amide bonds. The fraction of sp³-hybridized carbons (Fsp3) is 0.143. The molecule has 1 N–H and O–H groups in total. The van der Waals surface area contributed by atoms with Crippen molar-refractivity contribution in [3.05, 3.63) is 90.3 Å². The van der Waals surface area contributed by atoms with Crippen molar-refractivity contribution < 1.29 is 0 Å². The first kappa shape index (κ1) is 16.7. The lowest BCUT2D eigenvalue weighted by Crippen LogP contribution is -2.13. The van der Waals surface area contributed by atoms with E-state index in [1.807, 2.05) is 23.1 Å². The van der Waals surface area contributed by atoms with Crippen LogP contribution in [0.5, 0.6) is 0 Å². The van der Waals surface area contributed by atoms with Gasteiger partial charge >= 0.3 is 0 Å². The van der Waals surface area contributed by atoms with Gasteiger partial charge in [0, 0.05) is 24.6 Å². The van der Waals surface area contributed by atoms with Gasteiger partial charge in [0.25, 0.3) is 0 Å². The maximum absolute atomic E-state index is 4.63. The molecule has 4 nitrogen and oxygen atoms in total. The van der Waals surface area contributed by atoms with Gasteiger partial charge in [-0.3, -0.25) is 0 Å². The first-order chi connectivity index (χ1) is 12.2. The monoisotopic (exact) mass is 330 g/mol. The van der Waals surface area contributed by atoms with E-state index in [0.29, 0.717) is 12.5 Å². The van der Waals surface area contributed by atoms with Crippen LogP contribution in [0.3, 0.4) is 0 Å². The Morgan fingerprint density at radius 2 is 1.80 bits per heavy atom. The van der Waals surface area contributed by atoms with Crippen molar-refractivity contribution in [2.75, 3.05) is 10.2 Å². The maximum Gasteiger partial charge on any atom is 0.224 e. The molecule has 0 bridgehead atoms. The average molecular weight is 330 g/mol. The number of para-hydroxylation sites is 1. The van der Waals surface area contributed by atoms with Crippen molar-refractivity contribution in [1.82, 2.24) is 9.97 Å². The van der Waals surface area contributed by atoms with Crippen LogP contribution in [-0.2, 0) is 6.54 Å². The predicted molar refractivity (Wildman–Crippen MR) is 104 cm³/mol. The van der Waals surface area contributed by atoms with Crippen molar-refractivity contribution in [2.24, 2.45) is 0 Å². The van der Waals surface area contributed by atoms with Crippen LogP contribution in [0, 0.1) is 13.8 Å². The number of hydrogen-bond donors (Lipinski definition) is 1. The summed E-state index contributed by atoms with van der Waals surface area (Å²) in [7, 11) is 0. The summed E-state index contributed by atoms with van der Waals surface area (Å²) in [5, 5.41) is 3.28. The molecule has 1 aromatic heterocycles. The van der Waals surface area contributed by atoms with Crippen LogP contribution in [0.1, 0.15) is 16.7 Å². The second kappa shape index (κ2) is 7.62. The highest BCUT2D eigenvalue weighted by molar-refractivity contribution is 5.66. The number of aryl methyl sites for hydroxylation is 2. The molecule has 2 aromatic carbocycles. The molecule has 0 fully saturated rings. The van der Waals surface area contributed by atoms with Crippen LogP contribution in [0.15, 0.2) is 73.6 Å². The second-order valence-electron chi connectivity index (χ2n) is 5.92.